The van der Waals surface area contributed by atoms with Crippen LogP contribution in [0.5, 0.6) is 0 Å². The highest BCUT2D eigenvalue weighted by atomic mass is 16.1. The molecule has 0 saturated heterocycles. The number of hydrogen-bond donors (Lipinski definition) is 2. The summed E-state index contributed by atoms with van der Waals surface area (Å²) in [5.74, 6) is 0.346. The number of amides is 1. The van der Waals surface area contributed by atoms with Gasteiger partial charge in [-0.25, -0.2) is 0 Å². The number of rotatable bonds is 6. The van der Waals surface area contributed by atoms with E-state index in [0.717, 1.165) is 11.4 Å². The highest BCUT2D eigenvalue weighted by molar-refractivity contribution is 5.94. The molecule has 0 aliphatic carbocycles. The molecule has 4 nitrogen and oxygen atoms in total. The molecular formula is C18H21N3O. The molecule has 1 amide bonds. The number of carbonyl (C=O) groups excluding carboxylic acids is 1. The Bertz CT molecular complexity index is 648. The quantitative estimate of drug-likeness (QED) is 0.796. The van der Waals surface area contributed by atoms with Crippen molar-refractivity contribution in [3.05, 3.63) is 66.5 Å². The predicted octanol–water partition coefficient (Wildman–Crippen LogP) is 3.86. The van der Waals surface area contributed by atoms with Crippen molar-refractivity contribution >= 4 is 17.3 Å². The van der Waals surface area contributed by atoms with Crippen LogP contribution in [-0.2, 0) is 0 Å². The maximum atomic E-state index is 11.9. The highest BCUT2D eigenvalue weighted by Gasteiger charge is 2.06. The van der Waals surface area contributed by atoms with Gasteiger partial charge in [0.2, 0.25) is 0 Å². The Hall–Kier alpha value is -2.62. The second kappa shape index (κ2) is 7.41. The fraction of sp³-hybridized carbons (Fsp3) is 0.222. The molecule has 0 unspecified atom stereocenters. The van der Waals surface area contributed by atoms with E-state index in [2.05, 4.69) is 48.2 Å². The number of benzene rings is 1. The topological polar surface area (TPSA) is 54.0 Å². The fourth-order valence-corrected chi connectivity index (χ4v) is 2.02. The third-order valence-electron chi connectivity index (χ3n) is 3.27. The van der Waals surface area contributed by atoms with Gasteiger partial charge in [0.15, 0.2) is 0 Å². The molecule has 0 fully saturated rings. The van der Waals surface area contributed by atoms with E-state index in [-0.39, 0.29) is 5.91 Å². The van der Waals surface area contributed by atoms with Crippen LogP contribution in [0.15, 0.2) is 55.4 Å². The molecule has 0 aliphatic rings. The van der Waals surface area contributed by atoms with Crippen molar-refractivity contribution in [2.75, 3.05) is 11.9 Å². The van der Waals surface area contributed by atoms with Crippen LogP contribution in [0.25, 0.3) is 0 Å². The first kappa shape index (κ1) is 15.8. The number of hydrogen-bond acceptors (Lipinski definition) is 3. The minimum Gasteiger partial charge on any atom is -0.354 e. The Balaban J connectivity index is 2.09. The molecule has 22 heavy (non-hydrogen) atoms. The van der Waals surface area contributed by atoms with Gasteiger partial charge in [-0.15, -0.1) is 6.58 Å². The first-order valence-corrected chi connectivity index (χ1v) is 7.31. The van der Waals surface area contributed by atoms with E-state index < -0.39 is 0 Å². The van der Waals surface area contributed by atoms with E-state index in [1.165, 1.54) is 5.56 Å². The molecule has 2 aromatic rings. The van der Waals surface area contributed by atoms with Crippen LogP contribution >= 0.6 is 0 Å². The van der Waals surface area contributed by atoms with Gasteiger partial charge in [-0.1, -0.05) is 32.1 Å². The van der Waals surface area contributed by atoms with Crippen LogP contribution < -0.4 is 10.6 Å². The monoisotopic (exact) mass is 295 g/mol. The zero-order chi connectivity index (χ0) is 15.9. The molecule has 2 N–H and O–H groups in total. The van der Waals surface area contributed by atoms with Crippen molar-refractivity contribution in [2.45, 2.75) is 19.8 Å². The number of carbonyl (C=O) groups is 1. The van der Waals surface area contributed by atoms with Crippen LogP contribution in [0.3, 0.4) is 0 Å². The number of nitrogens with one attached hydrogen (secondary N) is 2. The third kappa shape index (κ3) is 4.19. The summed E-state index contributed by atoms with van der Waals surface area (Å²) in [6.07, 6.45) is 4.88. The van der Waals surface area contributed by atoms with Crippen molar-refractivity contribution in [2.24, 2.45) is 0 Å². The van der Waals surface area contributed by atoms with Crippen molar-refractivity contribution in [3.8, 4) is 0 Å². The van der Waals surface area contributed by atoms with E-state index in [0.29, 0.717) is 18.0 Å². The second-order valence-electron chi connectivity index (χ2n) is 5.36. The summed E-state index contributed by atoms with van der Waals surface area (Å²) in [6.45, 7) is 8.34. The smallest absolute Gasteiger partial charge is 0.253 e. The zero-order valence-electron chi connectivity index (χ0n) is 13.0. The van der Waals surface area contributed by atoms with Crippen molar-refractivity contribution < 1.29 is 4.79 Å². The number of pyridine rings is 1. The number of anilines is 2. The van der Waals surface area contributed by atoms with Gasteiger partial charge in [0.1, 0.15) is 0 Å². The highest BCUT2D eigenvalue weighted by Crippen LogP contribution is 2.20. The normalized spacial score (nSPS) is 10.3. The van der Waals surface area contributed by atoms with Gasteiger partial charge in [0.05, 0.1) is 17.4 Å². The minimum atomic E-state index is -0.161. The molecule has 0 atom stereocenters. The zero-order valence-corrected chi connectivity index (χ0v) is 13.0. The summed E-state index contributed by atoms with van der Waals surface area (Å²) in [5, 5.41) is 5.99. The van der Waals surface area contributed by atoms with E-state index >= 15 is 0 Å². The molecule has 0 aliphatic heterocycles. The van der Waals surface area contributed by atoms with E-state index in [1.54, 1.807) is 24.5 Å². The summed E-state index contributed by atoms with van der Waals surface area (Å²) < 4.78 is 0. The molecule has 0 bridgehead atoms. The Kier molecular flexibility index (Phi) is 5.31. The molecule has 0 spiro atoms. The van der Waals surface area contributed by atoms with Crippen LogP contribution in [0.2, 0.25) is 0 Å². The van der Waals surface area contributed by atoms with Gasteiger partial charge in [0, 0.05) is 18.4 Å². The molecule has 2 rings (SSSR count). The lowest BCUT2D eigenvalue weighted by Crippen LogP contribution is -2.23. The standard InChI is InChI=1S/C18H21N3O/c1-4-9-20-18(22)15-10-17(12-19-11-15)21-16-7-5-14(6-8-16)13(2)3/h4-8,10-13,21H,1,9H2,2-3H3,(H,20,22). The maximum absolute atomic E-state index is 11.9. The average Bonchev–Trinajstić information content (AvgIpc) is 2.53. The molecule has 0 saturated carbocycles. The molecule has 1 aromatic heterocycles. The minimum absolute atomic E-state index is 0.161. The van der Waals surface area contributed by atoms with Crippen molar-refractivity contribution in [1.82, 2.24) is 10.3 Å². The van der Waals surface area contributed by atoms with Gasteiger partial charge in [0.25, 0.3) is 5.91 Å². The molecule has 1 heterocycles. The van der Waals surface area contributed by atoms with Gasteiger partial charge >= 0.3 is 0 Å². The third-order valence-corrected chi connectivity index (χ3v) is 3.27. The summed E-state index contributed by atoms with van der Waals surface area (Å²) in [7, 11) is 0. The van der Waals surface area contributed by atoms with Crippen molar-refractivity contribution in [3.63, 3.8) is 0 Å². The fourth-order valence-electron chi connectivity index (χ4n) is 2.02. The SMILES string of the molecule is C=CCNC(=O)c1cncc(Nc2ccc(C(C)C)cc2)c1. The first-order valence-electron chi connectivity index (χ1n) is 7.31. The first-order chi connectivity index (χ1) is 10.6. The maximum Gasteiger partial charge on any atom is 0.253 e. The van der Waals surface area contributed by atoms with Gasteiger partial charge in [-0.3, -0.25) is 9.78 Å². The largest absolute Gasteiger partial charge is 0.354 e. The van der Waals surface area contributed by atoms with Crippen molar-refractivity contribution in [1.29, 1.82) is 0 Å². The molecule has 1 aromatic carbocycles. The Labute approximate surface area is 131 Å². The molecule has 0 radical (unpaired) electrons. The van der Waals surface area contributed by atoms with E-state index in [1.807, 2.05) is 12.1 Å². The lowest BCUT2D eigenvalue weighted by molar-refractivity contribution is 0.0957. The Morgan fingerprint density at radius 1 is 1.23 bits per heavy atom. The van der Waals surface area contributed by atoms with Gasteiger partial charge in [-0.05, 0) is 29.7 Å². The molecule has 4 heteroatoms. The predicted molar refractivity (Wildman–Crippen MR) is 90.6 cm³/mol. The summed E-state index contributed by atoms with van der Waals surface area (Å²) in [5.41, 5.74) is 3.56. The van der Waals surface area contributed by atoms with Gasteiger partial charge in [-0.2, -0.15) is 0 Å². The second-order valence-corrected chi connectivity index (χ2v) is 5.36. The van der Waals surface area contributed by atoms with E-state index in [9.17, 15) is 4.79 Å². The Morgan fingerprint density at radius 2 is 1.95 bits per heavy atom. The van der Waals surface area contributed by atoms with Gasteiger partial charge < -0.3 is 10.6 Å². The summed E-state index contributed by atoms with van der Waals surface area (Å²) in [6, 6.07) is 10.0. The number of nitrogens with zero attached hydrogens (tertiary/aromatic N) is 1. The van der Waals surface area contributed by atoms with Crippen LogP contribution in [0, 0.1) is 0 Å². The van der Waals surface area contributed by atoms with Crippen LogP contribution in [0.1, 0.15) is 35.7 Å². The van der Waals surface area contributed by atoms with E-state index in [4.69, 9.17) is 0 Å². The average molecular weight is 295 g/mol. The summed E-state index contributed by atoms with van der Waals surface area (Å²) >= 11 is 0. The van der Waals surface area contributed by atoms with Crippen LogP contribution in [-0.4, -0.2) is 17.4 Å². The number of aromatic nitrogens is 1. The molecular weight excluding hydrogens is 274 g/mol. The Morgan fingerprint density at radius 3 is 2.59 bits per heavy atom. The molecule has 114 valence electrons. The van der Waals surface area contributed by atoms with Crippen LogP contribution in [0.4, 0.5) is 11.4 Å². The lowest BCUT2D eigenvalue weighted by Gasteiger charge is -2.10. The lowest BCUT2D eigenvalue weighted by atomic mass is 10.0. The summed E-state index contributed by atoms with van der Waals surface area (Å²) in [4.78, 5) is 16.0.